The van der Waals surface area contributed by atoms with Crippen LogP contribution in [0, 0.1) is 10.5 Å². The van der Waals surface area contributed by atoms with Gasteiger partial charge in [0, 0.05) is 5.56 Å². The van der Waals surface area contributed by atoms with Crippen molar-refractivity contribution in [1.29, 1.82) is 0 Å². The van der Waals surface area contributed by atoms with E-state index >= 15 is 0 Å². The lowest BCUT2D eigenvalue weighted by Gasteiger charge is -2.09. The predicted octanol–water partition coefficient (Wildman–Crippen LogP) is 5.25. The fourth-order valence-electron chi connectivity index (χ4n) is 2.59. The molecule has 0 atom stereocenters. The number of carbonyl (C=O) groups excluding carboxylic acids is 1. The minimum Gasteiger partial charge on any atom is -0.477 e. The molecule has 3 aromatic carbocycles. The molecule has 0 aliphatic carbocycles. The zero-order valence-corrected chi connectivity index (χ0v) is 17.7. The van der Waals surface area contributed by atoms with Gasteiger partial charge in [-0.2, -0.15) is 0 Å². The maximum Gasteiger partial charge on any atom is 0.352 e. The van der Waals surface area contributed by atoms with E-state index in [2.05, 4.69) is 27.9 Å². The maximum absolute atomic E-state index is 12.4. The Morgan fingerprint density at radius 2 is 1.72 bits per heavy atom. The molecule has 0 heterocycles. The minimum absolute atomic E-state index is 0.206. The molecule has 29 heavy (non-hydrogen) atoms. The van der Waals surface area contributed by atoms with Gasteiger partial charge in [0.25, 0.3) is 5.91 Å². The van der Waals surface area contributed by atoms with E-state index in [9.17, 15) is 14.7 Å². The molecule has 0 saturated heterocycles. The first kappa shape index (κ1) is 20.6. The lowest BCUT2D eigenvalue weighted by atomic mass is 10.1. The van der Waals surface area contributed by atoms with Crippen LogP contribution in [0.2, 0.25) is 0 Å². The molecule has 0 radical (unpaired) electrons. The second-order valence-corrected chi connectivity index (χ2v) is 7.45. The van der Waals surface area contributed by atoms with Crippen LogP contribution in [0.4, 0.5) is 0 Å². The highest BCUT2D eigenvalue weighted by atomic mass is 127. The smallest absolute Gasteiger partial charge is 0.352 e. The highest BCUT2D eigenvalue weighted by molar-refractivity contribution is 14.1. The highest BCUT2D eigenvalue weighted by Crippen LogP contribution is 2.26. The zero-order chi connectivity index (χ0) is 20.8. The summed E-state index contributed by atoms with van der Waals surface area (Å²) in [6, 6.07) is 21.6. The van der Waals surface area contributed by atoms with Crippen LogP contribution in [-0.2, 0) is 4.79 Å². The van der Waals surface area contributed by atoms with E-state index in [1.165, 1.54) is 6.08 Å². The Morgan fingerprint density at radius 3 is 2.38 bits per heavy atom. The third-order valence-electron chi connectivity index (χ3n) is 4.01. The van der Waals surface area contributed by atoms with Gasteiger partial charge in [0.05, 0.1) is 3.57 Å². The standard InChI is InChI=1S/C23H18INO4/c1-15-5-4-6-17(13-15)22(26)25-20(23(27)28)14-16-9-11-18(12-10-16)29-21-8-3-2-7-19(21)24/h2-14H,1H3,(H,25,26)(H,27,28)/b20-14+. The first-order valence-electron chi connectivity index (χ1n) is 8.78. The van der Waals surface area contributed by atoms with E-state index < -0.39 is 11.9 Å². The van der Waals surface area contributed by atoms with Gasteiger partial charge in [-0.1, -0.05) is 42.0 Å². The Kier molecular flexibility index (Phi) is 6.66. The van der Waals surface area contributed by atoms with Crippen LogP contribution in [0.25, 0.3) is 6.08 Å². The lowest BCUT2D eigenvalue weighted by Crippen LogP contribution is -2.27. The molecule has 0 unspecified atom stereocenters. The van der Waals surface area contributed by atoms with Crippen LogP contribution in [0.5, 0.6) is 11.5 Å². The molecular formula is C23H18INO4. The molecule has 0 aliphatic heterocycles. The van der Waals surface area contributed by atoms with Gasteiger partial charge in [0.2, 0.25) is 0 Å². The number of amides is 1. The molecule has 0 bridgehead atoms. The van der Waals surface area contributed by atoms with Crippen molar-refractivity contribution in [1.82, 2.24) is 5.32 Å². The fourth-order valence-corrected chi connectivity index (χ4v) is 3.08. The molecule has 0 fully saturated rings. The summed E-state index contributed by atoms with van der Waals surface area (Å²) in [4.78, 5) is 23.9. The van der Waals surface area contributed by atoms with Crippen LogP contribution in [-0.4, -0.2) is 17.0 Å². The fraction of sp³-hybridized carbons (Fsp3) is 0.0435. The van der Waals surface area contributed by atoms with Crippen molar-refractivity contribution in [2.24, 2.45) is 0 Å². The molecule has 1 amide bonds. The van der Waals surface area contributed by atoms with Gasteiger partial charge < -0.3 is 15.2 Å². The third kappa shape index (κ3) is 5.68. The molecule has 6 heteroatoms. The number of hydrogen-bond acceptors (Lipinski definition) is 3. The Labute approximate surface area is 182 Å². The van der Waals surface area contributed by atoms with E-state index in [4.69, 9.17) is 4.74 Å². The van der Waals surface area contributed by atoms with Crippen LogP contribution in [0.15, 0.2) is 78.5 Å². The first-order chi connectivity index (χ1) is 13.9. The van der Waals surface area contributed by atoms with Crippen molar-refractivity contribution >= 4 is 40.5 Å². The van der Waals surface area contributed by atoms with Crippen LogP contribution < -0.4 is 10.1 Å². The number of aryl methyl sites for hydroxylation is 1. The van der Waals surface area contributed by atoms with Crippen molar-refractivity contribution in [2.75, 3.05) is 0 Å². The summed E-state index contributed by atoms with van der Waals surface area (Å²) in [7, 11) is 0. The van der Waals surface area contributed by atoms with E-state index in [-0.39, 0.29) is 5.70 Å². The zero-order valence-electron chi connectivity index (χ0n) is 15.6. The van der Waals surface area contributed by atoms with Crippen LogP contribution in [0.3, 0.4) is 0 Å². The topological polar surface area (TPSA) is 75.6 Å². The van der Waals surface area contributed by atoms with Gasteiger partial charge in [-0.3, -0.25) is 4.79 Å². The molecule has 146 valence electrons. The van der Waals surface area contributed by atoms with Gasteiger partial charge in [0.15, 0.2) is 0 Å². The average Bonchev–Trinajstić information content (AvgIpc) is 2.70. The van der Waals surface area contributed by atoms with Gasteiger partial charge in [-0.25, -0.2) is 4.79 Å². The number of carboxylic acid groups (broad SMARTS) is 1. The number of aliphatic carboxylic acids is 1. The van der Waals surface area contributed by atoms with Crippen molar-refractivity contribution in [3.05, 3.63) is 98.8 Å². The number of nitrogens with one attached hydrogen (secondary N) is 1. The molecule has 0 aliphatic rings. The SMILES string of the molecule is Cc1cccc(C(=O)N/C(=C/c2ccc(Oc3ccccc3I)cc2)C(=O)O)c1. The lowest BCUT2D eigenvalue weighted by molar-refractivity contribution is -0.132. The Balaban J connectivity index is 1.76. The number of para-hydroxylation sites is 1. The minimum atomic E-state index is -1.22. The summed E-state index contributed by atoms with van der Waals surface area (Å²) >= 11 is 2.19. The summed E-state index contributed by atoms with van der Waals surface area (Å²) in [5.74, 6) is -0.314. The number of hydrogen-bond donors (Lipinski definition) is 2. The Morgan fingerprint density at radius 1 is 1.00 bits per heavy atom. The molecular weight excluding hydrogens is 481 g/mol. The highest BCUT2D eigenvalue weighted by Gasteiger charge is 2.13. The van der Waals surface area contributed by atoms with Gasteiger partial charge in [-0.15, -0.1) is 0 Å². The van der Waals surface area contributed by atoms with E-state index in [0.29, 0.717) is 16.9 Å². The van der Waals surface area contributed by atoms with E-state index in [1.54, 1.807) is 42.5 Å². The predicted molar refractivity (Wildman–Crippen MR) is 120 cm³/mol. The second-order valence-electron chi connectivity index (χ2n) is 6.29. The molecule has 0 spiro atoms. The second kappa shape index (κ2) is 9.38. The number of carbonyl (C=O) groups is 2. The Bertz CT molecular complexity index is 1070. The molecule has 0 saturated carbocycles. The summed E-state index contributed by atoms with van der Waals surface area (Å²) in [6.07, 6.45) is 1.41. The van der Waals surface area contributed by atoms with Crippen molar-refractivity contribution < 1.29 is 19.4 Å². The van der Waals surface area contributed by atoms with Gasteiger partial charge >= 0.3 is 5.97 Å². The van der Waals surface area contributed by atoms with Crippen molar-refractivity contribution in [3.8, 4) is 11.5 Å². The Hall–Kier alpha value is -3.13. The summed E-state index contributed by atoms with van der Waals surface area (Å²) < 4.78 is 6.82. The van der Waals surface area contributed by atoms with E-state index in [1.807, 2.05) is 37.3 Å². The average molecular weight is 499 g/mol. The third-order valence-corrected chi connectivity index (χ3v) is 4.91. The number of carboxylic acids is 1. The normalized spacial score (nSPS) is 11.0. The molecule has 3 rings (SSSR count). The van der Waals surface area contributed by atoms with Gasteiger partial charge in [-0.05, 0) is 77.6 Å². The number of ether oxygens (including phenoxy) is 1. The van der Waals surface area contributed by atoms with Crippen molar-refractivity contribution in [2.45, 2.75) is 6.92 Å². The van der Waals surface area contributed by atoms with Crippen molar-refractivity contribution in [3.63, 3.8) is 0 Å². The summed E-state index contributed by atoms with van der Waals surface area (Å²) in [5.41, 5.74) is 1.74. The maximum atomic E-state index is 12.4. The van der Waals surface area contributed by atoms with Gasteiger partial charge in [0.1, 0.15) is 17.2 Å². The summed E-state index contributed by atoms with van der Waals surface area (Å²) in [6.45, 7) is 1.87. The quantitative estimate of drug-likeness (QED) is 0.359. The first-order valence-corrected chi connectivity index (χ1v) is 9.86. The molecule has 2 N–H and O–H groups in total. The summed E-state index contributed by atoms with van der Waals surface area (Å²) in [5, 5.41) is 11.9. The van der Waals surface area contributed by atoms with E-state index in [0.717, 1.165) is 14.9 Å². The molecule has 5 nitrogen and oxygen atoms in total. The largest absolute Gasteiger partial charge is 0.477 e. The molecule has 3 aromatic rings. The van der Waals surface area contributed by atoms with Crippen LogP contribution in [0.1, 0.15) is 21.5 Å². The molecule has 0 aromatic heterocycles. The number of benzene rings is 3. The monoisotopic (exact) mass is 499 g/mol. The number of rotatable bonds is 6. The van der Waals surface area contributed by atoms with Crippen LogP contribution >= 0.6 is 22.6 Å². The number of halogens is 1.